The van der Waals surface area contributed by atoms with Crippen molar-refractivity contribution in [1.82, 2.24) is 4.90 Å². The Morgan fingerprint density at radius 2 is 1.63 bits per heavy atom. The molecule has 0 aliphatic heterocycles. The van der Waals surface area contributed by atoms with Crippen molar-refractivity contribution in [3.8, 4) is 0 Å². The van der Waals surface area contributed by atoms with Crippen LogP contribution in [0.2, 0.25) is 0 Å². The SMILES string of the molecule is C[C@H]1C=CCC(N(C2=CC3=C(CC2)C2=CC4Cc5ccccc5C=C4C=C2C3(C)C)C2=C(C3=CC=CCC3)CCC=C2)C1C1=CC=CCC1. The number of fused-ring (bicyclic) bond motifs is 4. The van der Waals surface area contributed by atoms with E-state index in [4.69, 9.17) is 0 Å². The minimum absolute atomic E-state index is 0.0204. The first kappa shape index (κ1) is 30.9. The first-order valence-electron chi connectivity index (χ1n) is 19.2. The Bertz CT molecular complexity index is 1960. The van der Waals surface area contributed by atoms with E-state index in [1.54, 1.807) is 33.4 Å². The monoisotopic (exact) mass is 641 g/mol. The molecule has 0 saturated carbocycles. The lowest BCUT2D eigenvalue weighted by Gasteiger charge is -2.47. The fourth-order valence-electron chi connectivity index (χ4n) is 10.4. The van der Waals surface area contributed by atoms with Crippen LogP contribution in [0, 0.1) is 23.2 Å². The Labute approximate surface area is 294 Å². The van der Waals surface area contributed by atoms with Gasteiger partial charge in [-0.2, -0.15) is 0 Å². The van der Waals surface area contributed by atoms with Gasteiger partial charge in [0.2, 0.25) is 0 Å². The summed E-state index contributed by atoms with van der Waals surface area (Å²) in [6, 6.07) is 9.41. The molecule has 1 heteroatoms. The van der Waals surface area contributed by atoms with Crippen molar-refractivity contribution in [3.63, 3.8) is 0 Å². The molecule has 1 aromatic rings. The van der Waals surface area contributed by atoms with Gasteiger partial charge in [0.05, 0.1) is 0 Å². The molecule has 0 heterocycles. The van der Waals surface area contributed by atoms with Crippen molar-refractivity contribution in [2.75, 3.05) is 0 Å². The van der Waals surface area contributed by atoms with Crippen molar-refractivity contribution in [2.45, 2.75) is 91.0 Å². The summed E-state index contributed by atoms with van der Waals surface area (Å²) in [5.41, 5.74) is 18.4. The predicted molar refractivity (Wildman–Crippen MR) is 206 cm³/mol. The number of nitrogens with zero attached hydrogens (tertiary/aromatic N) is 1. The average Bonchev–Trinajstić information content (AvgIpc) is 3.35. The van der Waals surface area contributed by atoms with E-state index >= 15 is 0 Å². The van der Waals surface area contributed by atoms with Crippen molar-refractivity contribution >= 4 is 6.08 Å². The summed E-state index contributed by atoms with van der Waals surface area (Å²) < 4.78 is 0. The van der Waals surface area contributed by atoms with Gasteiger partial charge in [-0.05, 0) is 132 Å². The maximum atomic E-state index is 2.90. The molecule has 0 amide bonds. The normalized spacial score (nSPS) is 29.5. The second-order valence-corrected chi connectivity index (χ2v) is 16.1. The fraction of sp³-hybridized carbons (Fsp3) is 0.375. The molecule has 49 heavy (non-hydrogen) atoms. The second-order valence-electron chi connectivity index (χ2n) is 16.1. The zero-order valence-corrected chi connectivity index (χ0v) is 29.7. The highest BCUT2D eigenvalue weighted by Gasteiger charge is 2.45. The summed E-state index contributed by atoms with van der Waals surface area (Å²) >= 11 is 0. The summed E-state index contributed by atoms with van der Waals surface area (Å²) in [5, 5.41) is 0. The molecule has 248 valence electrons. The molecule has 0 spiro atoms. The van der Waals surface area contributed by atoms with Gasteiger partial charge in [0.15, 0.2) is 0 Å². The van der Waals surface area contributed by atoms with Crippen LogP contribution >= 0.6 is 0 Å². The number of benzene rings is 1. The number of hydrogen-bond donors (Lipinski definition) is 0. The molecule has 9 rings (SSSR count). The summed E-state index contributed by atoms with van der Waals surface area (Å²) in [4.78, 5) is 2.90. The number of allylic oxidation sites excluding steroid dienone is 20. The molecule has 8 aliphatic carbocycles. The molecule has 0 N–H and O–H groups in total. The average molecular weight is 642 g/mol. The van der Waals surface area contributed by atoms with Crippen LogP contribution in [0.4, 0.5) is 0 Å². The van der Waals surface area contributed by atoms with Crippen LogP contribution in [0.5, 0.6) is 0 Å². The fourth-order valence-corrected chi connectivity index (χ4v) is 10.4. The predicted octanol–water partition coefficient (Wildman–Crippen LogP) is 12.2. The largest absolute Gasteiger partial charge is 0.341 e. The van der Waals surface area contributed by atoms with Crippen molar-refractivity contribution in [2.24, 2.45) is 23.2 Å². The highest BCUT2D eigenvalue weighted by atomic mass is 15.2. The number of hydrogen-bond acceptors (Lipinski definition) is 1. The van der Waals surface area contributed by atoms with E-state index in [0.29, 0.717) is 23.8 Å². The minimum atomic E-state index is -0.0204. The van der Waals surface area contributed by atoms with Gasteiger partial charge in [-0.15, -0.1) is 0 Å². The number of rotatable bonds is 5. The van der Waals surface area contributed by atoms with Gasteiger partial charge >= 0.3 is 0 Å². The van der Waals surface area contributed by atoms with Gasteiger partial charge in [0, 0.05) is 34.7 Å². The maximum Gasteiger partial charge on any atom is 0.0444 e. The Morgan fingerprint density at radius 3 is 2.47 bits per heavy atom. The van der Waals surface area contributed by atoms with Gasteiger partial charge in [-0.25, -0.2) is 0 Å². The molecule has 1 aromatic carbocycles. The first-order valence-corrected chi connectivity index (χ1v) is 19.2. The Balaban J connectivity index is 1.18. The molecule has 0 aromatic heterocycles. The van der Waals surface area contributed by atoms with Crippen LogP contribution in [0.25, 0.3) is 6.08 Å². The highest BCUT2D eigenvalue weighted by Crippen LogP contribution is 2.58. The Hall–Kier alpha value is -4.10. The lowest BCUT2D eigenvalue weighted by Crippen LogP contribution is -2.44. The molecular weight excluding hydrogens is 591 g/mol. The summed E-state index contributed by atoms with van der Waals surface area (Å²) in [5.74, 6) is 1.51. The van der Waals surface area contributed by atoms with Crippen LogP contribution < -0.4 is 0 Å². The van der Waals surface area contributed by atoms with Crippen LogP contribution in [-0.2, 0) is 6.42 Å². The first-order chi connectivity index (χ1) is 24.0. The van der Waals surface area contributed by atoms with Gasteiger partial charge in [0.25, 0.3) is 0 Å². The minimum Gasteiger partial charge on any atom is -0.341 e. The molecule has 0 saturated heterocycles. The molecule has 0 radical (unpaired) electrons. The Morgan fingerprint density at radius 1 is 0.796 bits per heavy atom. The van der Waals surface area contributed by atoms with Crippen LogP contribution in [0.1, 0.15) is 89.7 Å². The Kier molecular flexibility index (Phi) is 7.79. The van der Waals surface area contributed by atoms with E-state index in [9.17, 15) is 0 Å². The van der Waals surface area contributed by atoms with Gasteiger partial charge in [-0.3, -0.25) is 0 Å². The topological polar surface area (TPSA) is 3.24 Å². The molecule has 0 fully saturated rings. The van der Waals surface area contributed by atoms with Crippen molar-refractivity contribution < 1.29 is 0 Å². The third kappa shape index (κ3) is 5.27. The third-order valence-electron chi connectivity index (χ3n) is 12.9. The van der Waals surface area contributed by atoms with Crippen molar-refractivity contribution in [3.05, 3.63) is 170 Å². The smallest absolute Gasteiger partial charge is 0.0444 e. The van der Waals surface area contributed by atoms with Crippen LogP contribution in [-0.4, -0.2) is 10.9 Å². The van der Waals surface area contributed by atoms with E-state index in [1.165, 1.54) is 46.5 Å². The maximum absolute atomic E-state index is 2.90. The van der Waals surface area contributed by atoms with Crippen LogP contribution in [0.3, 0.4) is 0 Å². The van der Waals surface area contributed by atoms with Gasteiger partial charge < -0.3 is 4.90 Å². The van der Waals surface area contributed by atoms with E-state index in [2.05, 4.69) is 135 Å². The second kappa shape index (κ2) is 12.3. The third-order valence-corrected chi connectivity index (χ3v) is 12.9. The zero-order valence-electron chi connectivity index (χ0n) is 29.7. The summed E-state index contributed by atoms with van der Waals surface area (Å²) in [6.45, 7) is 7.46. The molecule has 1 nitrogen and oxygen atoms in total. The zero-order chi connectivity index (χ0) is 33.1. The molecule has 3 unspecified atom stereocenters. The van der Waals surface area contributed by atoms with Gasteiger partial charge in [-0.1, -0.05) is 124 Å². The van der Waals surface area contributed by atoms with Crippen LogP contribution in [0.15, 0.2) is 159 Å². The van der Waals surface area contributed by atoms with E-state index < -0.39 is 0 Å². The van der Waals surface area contributed by atoms with E-state index in [1.807, 2.05) is 0 Å². The van der Waals surface area contributed by atoms with Gasteiger partial charge in [0.1, 0.15) is 0 Å². The molecule has 0 bridgehead atoms. The summed E-state index contributed by atoms with van der Waals surface area (Å²) in [6.07, 6.45) is 45.9. The standard InChI is InChI=1S/C48H51N/c1-32-15-14-24-46(47(32)34-18-8-5-9-19-34)49(45-23-13-12-22-40(45)33-16-6-4-7-17-33)39-25-26-41-42-29-37-27-35-20-10-11-21-36(35)28-38(37)30-43(42)48(2,3)44(41)31-39/h4-6,8,10-11,13-16,18,20-21,23,28-32,37,46-47H,7,9,12,17,19,22,24-27H2,1-3H3/t32-,37?,46?,47?/m0/s1. The highest BCUT2D eigenvalue weighted by molar-refractivity contribution is 5.73. The molecule has 4 atom stereocenters. The molecular formula is C48H51N. The van der Waals surface area contributed by atoms with E-state index in [0.717, 1.165) is 51.4 Å². The van der Waals surface area contributed by atoms with E-state index in [-0.39, 0.29) is 5.41 Å². The summed E-state index contributed by atoms with van der Waals surface area (Å²) in [7, 11) is 0. The van der Waals surface area contributed by atoms with Crippen molar-refractivity contribution in [1.29, 1.82) is 0 Å². The lowest BCUT2D eigenvalue weighted by atomic mass is 9.72. The molecule has 8 aliphatic rings. The lowest BCUT2D eigenvalue weighted by molar-refractivity contribution is 0.203. The quantitative estimate of drug-likeness (QED) is 0.289.